The Morgan fingerprint density at radius 3 is 2.70 bits per heavy atom. The molecule has 3 aromatic rings. The Bertz CT molecular complexity index is 929. The summed E-state index contributed by atoms with van der Waals surface area (Å²) in [5, 5.41) is 6.33. The van der Waals surface area contributed by atoms with Gasteiger partial charge < -0.3 is 10.1 Å². The van der Waals surface area contributed by atoms with Crippen molar-refractivity contribution in [1.29, 1.82) is 0 Å². The number of anilines is 1. The fourth-order valence-corrected chi connectivity index (χ4v) is 3.09. The molecule has 0 saturated heterocycles. The van der Waals surface area contributed by atoms with Crippen LogP contribution in [0.2, 0.25) is 5.02 Å². The maximum absolute atomic E-state index is 6.30. The molecule has 0 unspecified atom stereocenters. The average molecular weight is 323 g/mol. The molecule has 114 valence electrons. The lowest BCUT2D eigenvalue weighted by Gasteiger charge is -2.19. The Kier molecular flexibility index (Phi) is 3.43. The molecule has 4 heteroatoms. The third kappa shape index (κ3) is 2.43. The number of ether oxygens (including phenoxy) is 1. The molecule has 0 atom stereocenters. The Balaban J connectivity index is 1.81. The first-order valence-electron chi connectivity index (χ1n) is 7.56. The molecule has 1 N–H and O–H groups in total. The quantitative estimate of drug-likeness (QED) is 0.700. The molecule has 1 heterocycles. The van der Waals surface area contributed by atoms with E-state index in [4.69, 9.17) is 21.3 Å². The SMILES string of the molecule is CCOc1ccc(C2=Nc3cccc4cccc(c34)N2)cc1Cl. The van der Waals surface area contributed by atoms with Crippen LogP contribution in [0.15, 0.2) is 59.6 Å². The maximum Gasteiger partial charge on any atom is 0.138 e. The van der Waals surface area contributed by atoms with E-state index >= 15 is 0 Å². The summed E-state index contributed by atoms with van der Waals surface area (Å²) in [7, 11) is 0. The number of hydrogen-bond donors (Lipinski definition) is 1. The molecule has 0 aliphatic carbocycles. The van der Waals surface area contributed by atoms with Gasteiger partial charge in [-0.15, -0.1) is 0 Å². The summed E-state index contributed by atoms with van der Waals surface area (Å²) in [6.07, 6.45) is 0. The van der Waals surface area contributed by atoms with Crippen LogP contribution in [-0.2, 0) is 0 Å². The highest BCUT2D eigenvalue weighted by atomic mass is 35.5. The van der Waals surface area contributed by atoms with Crippen molar-refractivity contribution in [3.05, 3.63) is 65.2 Å². The molecular weight excluding hydrogens is 308 g/mol. The summed E-state index contributed by atoms with van der Waals surface area (Å²) in [6, 6.07) is 18.1. The zero-order chi connectivity index (χ0) is 15.8. The Hall–Kier alpha value is -2.52. The number of halogens is 1. The summed E-state index contributed by atoms with van der Waals surface area (Å²) < 4.78 is 5.49. The molecule has 0 saturated carbocycles. The summed E-state index contributed by atoms with van der Waals surface area (Å²) in [6.45, 7) is 2.53. The normalized spacial score (nSPS) is 12.7. The van der Waals surface area contributed by atoms with Crippen LogP contribution >= 0.6 is 11.6 Å². The lowest BCUT2D eigenvalue weighted by molar-refractivity contribution is 0.340. The number of benzene rings is 3. The van der Waals surface area contributed by atoms with Gasteiger partial charge in [-0.3, -0.25) is 0 Å². The predicted octanol–water partition coefficient (Wildman–Crippen LogP) is 5.40. The third-order valence-electron chi connectivity index (χ3n) is 3.87. The van der Waals surface area contributed by atoms with Crippen molar-refractivity contribution >= 4 is 39.6 Å². The van der Waals surface area contributed by atoms with E-state index < -0.39 is 0 Å². The largest absolute Gasteiger partial charge is 0.492 e. The minimum atomic E-state index is 0.589. The molecule has 0 aromatic heterocycles. The molecule has 3 nitrogen and oxygen atoms in total. The van der Waals surface area contributed by atoms with E-state index in [1.165, 1.54) is 5.39 Å². The van der Waals surface area contributed by atoms with E-state index in [2.05, 4.69) is 23.5 Å². The predicted molar refractivity (Wildman–Crippen MR) is 96.4 cm³/mol. The molecule has 1 aliphatic rings. The molecule has 1 aliphatic heterocycles. The van der Waals surface area contributed by atoms with E-state index in [1.54, 1.807) is 0 Å². The highest BCUT2D eigenvalue weighted by molar-refractivity contribution is 6.32. The van der Waals surface area contributed by atoms with Crippen molar-refractivity contribution in [2.24, 2.45) is 4.99 Å². The van der Waals surface area contributed by atoms with Crippen LogP contribution in [0.25, 0.3) is 10.8 Å². The first-order chi connectivity index (χ1) is 11.3. The molecule has 0 spiro atoms. The van der Waals surface area contributed by atoms with E-state index in [-0.39, 0.29) is 0 Å². The smallest absolute Gasteiger partial charge is 0.138 e. The maximum atomic E-state index is 6.30. The lowest BCUT2D eigenvalue weighted by atomic mass is 10.0. The molecule has 4 rings (SSSR count). The van der Waals surface area contributed by atoms with Crippen molar-refractivity contribution in [3.8, 4) is 5.75 Å². The van der Waals surface area contributed by atoms with Gasteiger partial charge in [-0.25, -0.2) is 4.99 Å². The summed E-state index contributed by atoms with van der Waals surface area (Å²) in [4.78, 5) is 4.76. The van der Waals surface area contributed by atoms with Gasteiger partial charge in [0.15, 0.2) is 0 Å². The zero-order valence-corrected chi connectivity index (χ0v) is 13.4. The van der Waals surface area contributed by atoms with Gasteiger partial charge in [0.05, 0.1) is 17.3 Å². The van der Waals surface area contributed by atoms with Crippen LogP contribution in [0.1, 0.15) is 12.5 Å². The molecule has 3 aromatic carbocycles. The Morgan fingerprint density at radius 1 is 1.09 bits per heavy atom. The monoisotopic (exact) mass is 322 g/mol. The van der Waals surface area contributed by atoms with Crippen LogP contribution in [0.3, 0.4) is 0 Å². The second-order valence-corrected chi connectivity index (χ2v) is 5.75. The second kappa shape index (κ2) is 5.60. The second-order valence-electron chi connectivity index (χ2n) is 5.34. The summed E-state index contributed by atoms with van der Waals surface area (Å²) in [5.74, 6) is 1.48. The zero-order valence-electron chi connectivity index (χ0n) is 12.6. The molecular formula is C19H15ClN2O. The van der Waals surface area contributed by atoms with Crippen molar-refractivity contribution in [2.75, 3.05) is 11.9 Å². The van der Waals surface area contributed by atoms with Crippen molar-refractivity contribution in [1.82, 2.24) is 0 Å². The summed E-state index contributed by atoms with van der Waals surface area (Å²) >= 11 is 6.30. The minimum Gasteiger partial charge on any atom is -0.492 e. The molecule has 0 amide bonds. The van der Waals surface area contributed by atoms with Gasteiger partial charge in [0, 0.05) is 16.6 Å². The van der Waals surface area contributed by atoms with Crippen molar-refractivity contribution < 1.29 is 4.74 Å². The standard InChI is InChI=1S/C19H15ClN2O/c1-2-23-17-10-9-13(11-14(17)20)19-21-15-7-3-5-12-6-4-8-16(22-19)18(12)15/h3-11H,2H2,1H3,(H,21,22). The fourth-order valence-electron chi connectivity index (χ4n) is 2.85. The average Bonchev–Trinajstić information content (AvgIpc) is 2.57. The number of nitrogens with zero attached hydrogens (tertiary/aromatic N) is 1. The van der Waals surface area contributed by atoms with Crippen LogP contribution in [0, 0.1) is 0 Å². The Labute approximate surface area is 139 Å². The highest BCUT2D eigenvalue weighted by Gasteiger charge is 2.16. The van der Waals surface area contributed by atoms with Crippen molar-refractivity contribution in [3.63, 3.8) is 0 Å². The van der Waals surface area contributed by atoms with E-state index in [1.807, 2.05) is 43.3 Å². The van der Waals surface area contributed by atoms with Crippen molar-refractivity contribution in [2.45, 2.75) is 6.92 Å². The first kappa shape index (κ1) is 14.1. The van der Waals surface area contributed by atoms with Crippen LogP contribution < -0.4 is 10.1 Å². The van der Waals surface area contributed by atoms with Gasteiger partial charge in [-0.1, -0.05) is 35.9 Å². The first-order valence-corrected chi connectivity index (χ1v) is 7.94. The molecule has 0 fully saturated rings. The van der Waals surface area contributed by atoms with E-state index in [9.17, 15) is 0 Å². The van der Waals surface area contributed by atoms with E-state index in [0.29, 0.717) is 17.4 Å². The fraction of sp³-hybridized carbons (Fsp3) is 0.105. The molecule has 0 bridgehead atoms. The topological polar surface area (TPSA) is 33.6 Å². The van der Waals surface area contributed by atoms with E-state index in [0.717, 1.165) is 28.2 Å². The number of hydrogen-bond acceptors (Lipinski definition) is 3. The number of amidine groups is 1. The number of nitrogens with one attached hydrogen (secondary N) is 1. The van der Waals surface area contributed by atoms with Gasteiger partial charge >= 0.3 is 0 Å². The van der Waals surface area contributed by atoms with Gasteiger partial charge in [0.2, 0.25) is 0 Å². The van der Waals surface area contributed by atoms with Gasteiger partial charge in [-0.05, 0) is 42.6 Å². The Morgan fingerprint density at radius 2 is 1.91 bits per heavy atom. The molecule has 23 heavy (non-hydrogen) atoms. The van der Waals surface area contributed by atoms with Gasteiger partial charge in [-0.2, -0.15) is 0 Å². The highest BCUT2D eigenvalue weighted by Crippen LogP contribution is 2.37. The summed E-state index contributed by atoms with van der Waals surface area (Å²) in [5.41, 5.74) is 2.97. The van der Waals surface area contributed by atoms with Crippen LogP contribution in [-0.4, -0.2) is 12.4 Å². The third-order valence-corrected chi connectivity index (χ3v) is 4.17. The number of aliphatic imine (C=N–C) groups is 1. The van der Waals surface area contributed by atoms with Gasteiger partial charge in [0.1, 0.15) is 11.6 Å². The number of rotatable bonds is 3. The lowest BCUT2D eigenvalue weighted by Crippen LogP contribution is -2.16. The molecule has 0 radical (unpaired) electrons. The van der Waals surface area contributed by atoms with Crippen LogP contribution in [0.4, 0.5) is 11.4 Å². The minimum absolute atomic E-state index is 0.589. The van der Waals surface area contributed by atoms with Gasteiger partial charge in [0.25, 0.3) is 0 Å². The van der Waals surface area contributed by atoms with Crippen LogP contribution in [0.5, 0.6) is 5.75 Å².